The first-order chi connectivity index (χ1) is 12.4. The first-order valence-electron chi connectivity index (χ1n) is 7.75. The fourth-order valence-corrected chi connectivity index (χ4v) is 5.26. The van der Waals surface area contributed by atoms with E-state index in [1.165, 1.54) is 11.3 Å². The van der Waals surface area contributed by atoms with Crippen molar-refractivity contribution in [2.75, 3.05) is 12.0 Å². The lowest BCUT2D eigenvalue weighted by Crippen LogP contribution is -2.69. The van der Waals surface area contributed by atoms with Crippen molar-refractivity contribution in [1.29, 1.82) is 0 Å². The lowest BCUT2D eigenvalue weighted by molar-refractivity contribution is -0.126. The molecule has 134 valence electrons. The Balaban J connectivity index is 1.86. The molecule has 0 spiro atoms. The van der Waals surface area contributed by atoms with E-state index in [9.17, 15) is 4.79 Å². The number of halogens is 3. The molecular weight excluding hydrogens is 415 g/mol. The second-order valence-electron chi connectivity index (χ2n) is 6.11. The van der Waals surface area contributed by atoms with Gasteiger partial charge in [0.05, 0.1) is 17.3 Å². The minimum absolute atomic E-state index is 0.210. The standard InChI is InChI=1S/C18H13Cl3N2O2S/c1-18(10-7-6-9(19)8-11(10)20)15(21)16(24)23(18)17-22-14-12(25-2)4-3-5-13(14)26-17/h3-8,15H,1-2H3. The van der Waals surface area contributed by atoms with Crippen LogP contribution in [0.5, 0.6) is 5.75 Å². The van der Waals surface area contributed by atoms with Crippen LogP contribution >= 0.6 is 46.1 Å². The van der Waals surface area contributed by atoms with E-state index in [2.05, 4.69) is 4.98 Å². The molecule has 8 heteroatoms. The second kappa shape index (κ2) is 6.27. The summed E-state index contributed by atoms with van der Waals surface area (Å²) < 4.78 is 6.29. The van der Waals surface area contributed by atoms with Gasteiger partial charge in [-0.05, 0) is 36.8 Å². The lowest BCUT2D eigenvalue weighted by atomic mass is 9.79. The SMILES string of the molecule is COc1cccc2sc(N3C(=O)C(Cl)C3(C)c3ccc(Cl)cc3Cl)nc12. The molecule has 1 aliphatic rings. The maximum atomic E-state index is 12.6. The van der Waals surface area contributed by atoms with Crippen LogP contribution in [0, 0.1) is 0 Å². The van der Waals surface area contributed by atoms with Gasteiger partial charge in [0.2, 0.25) is 5.91 Å². The van der Waals surface area contributed by atoms with E-state index in [4.69, 9.17) is 39.5 Å². The molecule has 0 radical (unpaired) electrons. The highest BCUT2D eigenvalue weighted by molar-refractivity contribution is 7.22. The maximum absolute atomic E-state index is 12.6. The highest BCUT2D eigenvalue weighted by atomic mass is 35.5. The molecular formula is C18H13Cl3N2O2S. The molecule has 4 rings (SSSR count). The monoisotopic (exact) mass is 426 g/mol. The molecule has 4 nitrogen and oxygen atoms in total. The van der Waals surface area contributed by atoms with E-state index < -0.39 is 10.9 Å². The summed E-state index contributed by atoms with van der Waals surface area (Å²) in [6, 6.07) is 10.8. The van der Waals surface area contributed by atoms with E-state index in [1.807, 2.05) is 25.1 Å². The van der Waals surface area contributed by atoms with Gasteiger partial charge in [-0.2, -0.15) is 0 Å². The highest BCUT2D eigenvalue weighted by Gasteiger charge is 2.59. The number of ether oxygens (including phenoxy) is 1. The molecule has 2 unspecified atom stereocenters. The van der Waals surface area contributed by atoms with Crippen LogP contribution in [0.1, 0.15) is 12.5 Å². The number of para-hydroxylation sites is 1. The summed E-state index contributed by atoms with van der Waals surface area (Å²) in [6.07, 6.45) is 0. The highest BCUT2D eigenvalue weighted by Crippen LogP contribution is 2.51. The Bertz CT molecular complexity index is 1040. The van der Waals surface area contributed by atoms with E-state index in [0.29, 0.717) is 26.4 Å². The van der Waals surface area contributed by atoms with Gasteiger partial charge in [0, 0.05) is 10.0 Å². The number of anilines is 1. The van der Waals surface area contributed by atoms with Crippen LogP contribution in [-0.4, -0.2) is 23.4 Å². The van der Waals surface area contributed by atoms with Crippen LogP contribution in [-0.2, 0) is 10.3 Å². The number of thiazole rings is 1. The predicted octanol–water partition coefficient (Wildman–Crippen LogP) is 5.48. The number of hydrogen-bond donors (Lipinski definition) is 0. The number of amides is 1. The van der Waals surface area contributed by atoms with Crippen LogP contribution in [0.4, 0.5) is 5.13 Å². The molecule has 1 aromatic heterocycles. The van der Waals surface area contributed by atoms with Gasteiger partial charge in [0.25, 0.3) is 0 Å². The first kappa shape index (κ1) is 17.9. The van der Waals surface area contributed by atoms with Crippen molar-refractivity contribution >= 4 is 67.4 Å². The van der Waals surface area contributed by atoms with Crippen molar-refractivity contribution in [1.82, 2.24) is 4.98 Å². The van der Waals surface area contributed by atoms with Crippen molar-refractivity contribution in [3.63, 3.8) is 0 Å². The molecule has 26 heavy (non-hydrogen) atoms. The summed E-state index contributed by atoms with van der Waals surface area (Å²) in [5, 5.41) is 0.798. The van der Waals surface area contributed by atoms with E-state index in [0.717, 1.165) is 10.3 Å². The van der Waals surface area contributed by atoms with Crippen LogP contribution in [0.2, 0.25) is 10.0 Å². The zero-order valence-corrected chi connectivity index (χ0v) is 16.9. The topological polar surface area (TPSA) is 42.4 Å². The summed E-state index contributed by atoms with van der Waals surface area (Å²) in [5.41, 5.74) is 0.626. The van der Waals surface area contributed by atoms with Gasteiger partial charge in [-0.15, -0.1) is 11.6 Å². The normalized spacial score (nSPS) is 22.6. The molecule has 2 aromatic carbocycles. The Kier molecular flexibility index (Phi) is 4.31. The zero-order valence-electron chi connectivity index (χ0n) is 13.8. The lowest BCUT2D eigenvalue weighted by Gasteiger charge is -2.52. The fraction of sp³-hybridized carbons (Fsp3) is 0.222. The second-order valence-corrected chi connectivity index (χ2v) is 8.40. The largest absolute Gasteiger partial charge is 0.494 e. The number of aromatic nitrogens is 1. The molecule has 2 heterocycles. The van der Waals surface area contributed by atoms with Crippen LogP contribution in [0.3, 0.4) is 0 Å². The van der Waals surface area contributed by atoms with Crippen LogP contribution in [0.25, 0.3) is 10.2 Å². The van der Waals surface area contributed by atoms with E-state index in [-0.39, 0.29) is 5.91 Å². The number of methoxy groups -OCH3 is 1. The smallest absolute Gasteiger partial charge is 0.250 e. The Hall–Kier alpha value is -1.53. The van der Waals surface area contributed by atoms with Gasteiger partial charge in [0.1, 0.15) is 16.6 Å². The Morgan fingerprint density at radius 1 is 1.27 bits per heavy atom. The fourth-order valence-electron chi connectivity index (χ4n) is 3.25. The minimum atomic E-state index is -0.818. The third-order valence-electron chi connectivity index (χ3n) is 4.65. The van der Waals surface area contributed by atoms with E-state index in [1.54, 1.807) is 30.2 Å². The summed E-state index contributed by atoms with van der Waals surface area (Å²) in [7, 11) is 1.59. The summed E-state index contributed by atoms with van der Waals surface area (Å²) in [6.45, 7) is 1.88. The number of rotatable bonds is 3. The molecule has 1 amide bonds. The maximum Gasteiger partial charge on any atom is 0.250 e. The first-order valence-corrected chi connectivity index (χ1v) is 9.76. The number of nitrogens with zero attached hydrogens (tertiary/aromatic N) is 2. The zero-order chi connectivity index (χ0) is 18.6. The van der Waals surface area contributed by atoms with Crippen molar-refractivity contribution in [2.45, 2.75) is 17.8 Å². The quantitative estimate of drug-likeness (QED) is 0.410. The van der Waals surface area contributed by atoms with Gasteiger partial charge >= 0.3 is 0 Å². The molecule has 0 N–H and O–H groups in total. The molecule has 2 atom stereocenters. The molecule has 1 aliphatic heterocycles. The van der Waals surface area contributed by atoms with Crippen molar-refractivity contribution in [2.24, 2.45) is 0 Å². The Morgan fingerprint density at radius 2 is 2.04 bits per heavy atom. The van der Waals surface area contributed by atoms with Crippen LogP contribution < -0.4 is 9.64 Å². The Labute approximate surface area is 169 Å². The van der Waals surface area contributed by atoms with Gasteiger partial charge in [-0.25, -0.2) is 4.98 Å². The van der Waals surface area contributed by atoms with Crippen molar-refractivity contribution in [3.05, 3.63) is 52.0 Å². The van der Waals surface area contributed by atoms with Gasteiger partial charge in [-0.1, -0.05) is 46.7 Å². The molecule has 0 saturated carbocycles. The Morgan fingerprint density at radius 3 is 2.73 bits per heavy atom. The van der Waals surface area contributed by atoms with Gasteiger partial charge < -0.3 is 4.74 Å². The molecule has 0 bridgehead atoms. The number of benzene rings is 2. The number of β-lactam (4-membered cyclic amide) rings is 1. The summed E-state index contributed by atoms with van der Waals surface area (Å²) >= 11 is 20.2. The van der Waals surface area contributed by atoms with Gasteiger partial charge in [0.15, 0.2) is 5.13 Å². The van der Waals surface area contributed by atoms with Crippen LogP contribution in [0.15, 0.2) is 36.4 Å². The number of alkyl halides is 1. The number of carbonyl (C=O) groups excluding carboxylic acids is 1. The minimum Gasteiger partial charge on any atom is -0.494 e. The molecule has 1 fully saturated rings. The molecule has 1 saturated heterocycles. The average molecular weight is 428 g/mol. The summed E-state index contributed by atoms with van der Waals surface area (Å²) in [5.74, 6) is 0.449. The number of hydrogen-bond acceptors (Lipinski definition) is 4. The number of carbonyl (C=O) groups is 1. The van der Waals surface area contributed by atoms with Gasteiger partial charge in [-0.3, -0.25) is 9.69 Å². The molecule has 3 aromatic rings. The van der Waals surface area contributed by atoms with Crippen molar-refractivity contribution < 1.29 is 9.53 Å². The third kappa shape index (κ3) is 2.42. The molecule has 0 aliphatic carbocycles. The summed E-state index contributed by atoms with van der Waals surface area (Å²) in [4.78, 5) is 18.9. The van der Waals surface area contributed by atoms with Crippen molar-refractivity contribution in [3.8, 4) is 5.75 Å². The average Bonchev–Trinajstić information content (AvgIpc) is 3.04. The third-order valence-corrected chi connectivity index (χ3v) is 6.82. The predicted molar refractivity (Wildman–Crippen MR) is 107 cm³/mol. The number of fused-ring (bicyclic) bond motifs is 1. The van der Waals surface area contributed by atoms with E-state index >= 15 is 0 Å².